The number of unbranched alkanes of at least 4 members (excludes halogenated alkanes) is 21. The third kappa shape index (κ3) is 18.2. The molecule has 0 saturated heterocycles. The molecule has 0 fully saturated rings. The van der Waals surface area contributed by atoms with Gasteiger partial charge in [-0.15, -0.1) is 0 Å². The number of rotatable bonds is 27. The Kier molecular flexibility index (Phi) is 22.9. The lowest BCUT2D eigenvalue weighted by Gasteiger charge is -2.07. The lowest BCUT2D eigenvalue weighted by molar-refractivity contribution is -0.704. The van der Waals surface area contributed by atoms with Crippen molar-refractivity contribution in [3.63, 3.8) is 0 Å². The van der Waals surface area contributed by atoms with Gasteiger partial charge in [0.15, 0.2) is 0 Å². The van der Waals surface area contributed by atoms with Crippen LogP contribution in [0.15, 0.2) is 12.4 Å². The Morgan fingerprint density at radius 2 is 0.886 bits per heavy atom. The summed E-state index contributed by atoms with van der Waals surface area (Å²) in [7, 11) is 0. The van der Waals surface area contributed by atoms with Gasteiger partial charge in [0.1, 0.15) is 12.4 Å². The lowest BCUT2D eigenvalue weighted by Crippen LogP contribution is -2.37. The summed E-state index contributed by atoms with van der Waals surface area (Å²) < 4.78 is 5.20. The molecule has 0 aromatic carbocycles. The van der Waals surface area contributed by atoms with Gasteiger partial charge in [-0.3, -0.25) is 0 Å². The van der Waals surface area contributed by atoms with Crippen LogP contribution in [-0.2, 0) is 19.5 Å². The molecule has 1 aromatic heterocycles. The minimum Gasteiger partial charge on any atom is -0.234 e. The number of imidazole rings is 1. The maximum Gasteiger partial charge on any atom is 0.256 e. The van der Waals surface area contributed by atoms with Gasteiger partial charge in [-0.25, -0.2) is 9.13 Å². The van der Waals surface area contributed by atoms with Crippen molar-refractivity contribution in [3.8, 4) is 0 Å². The fraction of sp³-hybridized carbons (Fsp3) is 0.909. The molecule has 206 valence electrons. The molecule has 2 heteroatoms. The predicted octanol–water partition coefficient (Wildman–Crippen LogP) is 10.7. The summed E-state index contributed by atoms with van der Waals surface area (Å²) in [4.78, 5) is 0. The highest BCUT2D eigenvalue weighted by Crippen LogP contribution is 2.14. The standard InChI is InChI=1S/C33H65N2/c1-4-7-10-13-15-17-18-19-20-22-24-27-30-35-32-31-34(29-26-12-9-6-3)33(35)28-25-23-21-16-14-11-8-5-2/h31-32H,4-30H2,1-3H3/q+1. The Morgan fingerprint density at radius 1 is 0.486 bits per heavy atom. The van der Waals surface area contributed by atoms with E-state index in [1.165, 1.54) is 174 Å². The number of hydrogen-bond donors (Lipinski definition) is 0. The molecule has 0 saturated carbocycles. The first-order valence-electron chi connectivity index (χ1n) is 16.4. The second-order valence-corrected chi connectivity index (χ2v) is 11.3. The van der Waals surface area contributed by atoms with Gasteiger partial charge in [0.25, 0.3) is 5.82 Å². The quantitative estimate of drug-likeness (QED) is 0.0858. The monoisotopic (exact) mass is 490 g/mol. The molecular weight excluding hydrogens is 424 g/mol. The molecule has 1 aromatic rings. The molecule has 1 heterocycles. The highest BCUT2D eigenvalue weighted by Gasteiger charge is 2.16. The van der Waals surface area contributed by atoms with E-state index in [-0.39, 0.29) is 0 Å². The first-order chi connectivity index (χ1) is 17.3. The van der Waals surface area contributed by atoms with Gasteiger partial charge in [-0.2, -0.15) is 0 Å². The van der Waals surface area contributed by atoms with E-state index in [4.69, 9.17) is 0 Å². The lowest BCUT2D eigenvalue weighted by atomic mass is 10.1. The van der Waals surface area contributed by atoms with E-state index >= 15 is 0 Å². The van der Waals surface area contributed by atoms with Gasteiger partial charge < -0.3 is 0 Å². The normalized spacial score (nSPS) is 11.5. The first kappa shape index (κ1) is 32.2. The molecule has 0 radical (unpaired) electrons. The Morgan fingerprint density at radius 3 is 1.37 bits per heavy atom. The zero-order valence-electron chi connectivity index (χ0n) is 24.6. The van der Waals surface area contributed by atoms with Gasteiger partial charge in [0, 0.05) is 6.42 Å². The Bertz CT molecular complexity index is 547. The van der Waals surface area contributed by atoms with Gasteiger partial charge in [-0.1, -0.05) is 143 Å². The summed E-state index contributed by atoms with van der Waals surface area (Å²) >= 11 is 0. The number of aromatic nitrogens is 2. The van der Waals surface area contributed by atoms with Crippen LogP contribution in [0.5, 0.6) is 0 Å². The maximum absolute atomic E-state index is 2.61. The van der Waals surface area contributed by atoms with E-state index in [0.29, 0.717) is 0 Å². The van der Waals surface area contributed by atoms with Crippen LogP contribution in [0.1, 0.15) is 181 Å². The average Bonchev–Trinajstić information content (AvgIpc) is 3.25. The van der Waals surface area contributed by atoms with Crippen molar-refractivity contribution in [2.45, 2.75) is 194 Å². The largest absolute Gasteiger partial charge is 0.256 e. The van der Waals surface area contributed by atoms with Crippen LogP contribution in [0.4, 0.5) is 0 Å². The highest BCUT2D eigenvalue weighted by molar-refractivity contribution is 4.84. The van der Waals surface area contributed by atoms with Crippen molar-refractivity contribution in [2.75, 3.05) is 0 Å². The molecule has 2 nitrogen and oxygen atoms in total. The Labute approximate surface area is 221 Å². The summed E-state index contributed by atoms with van der Waals surface area (Å²) in [5, 5.41) is 0. The van der Waals surface area contributed by atoms with E-state index in [9.17, 15) is 0 Å². The van der Waals surface area contributed by atoms with Crippen LogP contribution < -0.4 is 4.57 Å². The fourth-order valence-electron chi connectivity index (χ4n) is 5.44. The van der Waals surface area contributed by atoms with Crippen molar-refractivity contribution in [3.05, 3.63) is 18.2 Å². The zero-order valence-corrected chi connectivity index (χ0v) is 24.6. The summed E-state index contributed by atoms with van der Waals surface area (Å²) in [5.41, 5.74) is 0. The number of aryl methyl sites for hydroxylation is 2. The molecule has 0 N–H and O–H groups in total. The smallest absolute Gasteiger partial charge is 0.234 e. The van der Waals surface area contributed by atoms with Crippen LogP contribution in [0, 0.1) is 0 Å². The summed E-state index contributed by atoms with van der Waals surface area (Å²) in [5.74, 6) is 1.61. The molecule has 0 bridgehead atoms. The van der Waals surface area contributed by atoms with Gasteiger partial charge in [0.2, 0.25) is 0 Å². The molecule has 0 unspecified atom stereocenters. The van der Waals surface area contributed by atoms with Crippen molar-refractivity contribution in [1.29, 1.82) is 0 Å². The first-order valence-corrected chi connectivity index (χ1v) is 16.4. The minimum absolute atomic E-state index is 1.22. The third-order valence-electron chi connectivity index (χ3n) is 7.85. The van der Waals surface area contributed by atoms with Crippen molar-refractivity contribution in [1.82, 2.24) is 4.57 Å². The van der Waals surface area contributed by atoms with Crippen LogP contribution >= 0.6 is 0 Å². The van der Waals surface area contributed by atoms with Gasteiger partial charge >= 0.3 is 0 Å². The van der Waals surface area contributed by atoms with Gasteiger partial charge in [0.05, 0.1) is 13.1 Å². The predicted molar refractivity (Wildman–Crippen MR) is 156 cm³/mol. The SMILES string of the molecule is CCCCCCCCCCCCCC[n+]1ccn(CCCCCC)c1CCCCCCCCCC. The third-order valence-corrected chi connectivity index (χ3v) is 7.85. The maximum atomic E-state index is 2.61. The van der Waals surface area contributed by atoms with Gasteiger partial charge in [-0.05, 0) is 32.1 Å². The number of hydrogen-bond acceptors (Lipinski definition) is 0. The molecule has 0 aliphatic heterocycles. The van der Waals surface area contributed by atoms with E-state index in [2.05, 4.69) is 42.3 Å². The number of nitrogens with zero attached hydrogens (tertiary/aromatic N) is 2. The topological polar surface area (TPSA) is 8.81 Å². The zero-order chi connectivity index (χ0) is 25.2. The molecule has 35 heavy (non-hydrogen) atoms. The summed E-state index contributed by atoms with van der Waals surface area (Å²) in [6, 6.07) is 0. The van der Waals surface area contributed by atoms with E-state index in [1.807, 2.05) is 0 Å². The Balaban J connectivity index is 2.26. The molecule has 0 aliphatic carbocycles. The van der Waals surface area contributed by atoms with Crippen molar-refractivity contribution in [2.24, 2.45) is 0 Å². The highest BCUT2D eigenvalue weighted by atomic mass is 15.1. The molecule has 0 atom stereocenters. The molecular formula is C33H65N2+. The van der Waals surface area contributed by atoms with E-state index in [1.54, 1.807) is 5.82 Å². The molecule has 0 aliphatic rings. The van der Waals surface area contributed by atoms with Crippen LogP contribution in [0.3, 0.4) is 0 Å². The van der Waals surface area contributed by atoms with Crippen molar-refractivity contribution >= 4 is 0 Å². The van der Waals surface area contributed by atoms with Crippen LogP contribution in [0.25, 0.3) is 0 Å². The average molecular weight is 490 g/mol. The van der Waals surface area contributed by atoms with E-state index < -0.39 is 0 Å². The molecule has 0 spiro atoms. The minimum atomic E-state index is 1.22. The van der Waals surface area contributed by atoms with Crippen molar-refractivity contribution < 1.29 is 4.57 Å². The van der Waals surface area contributed by atoms with Crippen LogP contribution in [0.2, 0.25) is 0 Å². The Hall–Kier alpha value is -0.790. The fourth-order valence-corrected chi connectivity index (χ4v) is 5.44. The second kappa shape index (κ2) is 24.9. The van der Waals surface area contributed by atoms with Crippen LogP contribution in [-0.4, -0.2) is 4.57 Å². The second-order valence-electron chi connectivity index (χ2n) is 11.3. The molecule has 1 rings (SSSR count). The summed E-state index contributed by atoms with van der Waals surface area (Å²) in [6.07, 6.45) is 40.0. The summed E-state index contributed by atoms with van der Waals surface area (Å²) in [6.45, 7) is 9.38. The molecule has 0 amide bonds. The van der Waals surface area contributed by atoms with E-state index in [0.717, 1.165) is 0 Å².